The lowest BCUT2D eigenvalue weighted by Crippen LogP contribution is -2.51. The van der Waals surface area contributed by atoms with Crippen LogP contribution >= 0.6 is 0 Å². The molecule has 0 spiro atoms. The fraction of sp³-hybridized carbons (Fsp3) is 0.375. The van der Waals surface area contributed by atoms with E-state index in [1.165, 1.54) is 0 Å². The Bertz CT molecular complexity index is 218. The molecule has 1 aliphatic heterocycles. The third kappa shape index (κ3) is 1.49. The molecule has 0 atom stereocenters. The molecule has 3 heteroatoms. The van der Waals surface area contributed by atoms with Crippen LogP contribution < -0.4 is 10.6 Å². The van der Waals surface area contributed by atoms with Crippen LogP contribution in [0.2, 0.25) is 0 Å². The number of rotatable bonds is 2. The zero-order valence-electron chi connectivity index (χ0n) is 6.25. The Morgan fingerprint density at radius 3 is 2.91 bits per heavy atom. The van der Waals surface area contributed by atoms with Crippen LogP contribution in [0.4, 0.5) is 5.82 Å². The zero-order valence-corrected chi connectivity index (χ0v) is 6.25. The first-order valence-electron chi connectivity index (χ1n) is 3.83. The van der Waals surface area contributed by atoms with Gasteiger partial charge in [0.2, 0.25) is 0 Å². The lowest BCUT2D eigenvalue weighted by molar-refractivity contribution is 0.471. The SMILES string of the molecule is c1ccc(NC2CNC2)nc1. The maximum absolute atomic E-state index is 4.16. The highest BCUT2D eigenvalue weighted by molar-refractivity contribution is 5.35. The Kier molecular flexibility index (Phi) is 1.73. The third-order valence-corrected chi connectivity index (χ3v) is 1.80. The van der Waals surface area contributed by atoms with Crippen LogP contribution in [-0.2, 0) is 0 Å². The van der Waals surface area contributed by atoms with Crippen molar-refractivity contribution in [1.29, 1.82) is 0 Å². The summed E-state index contributed by atoms with van der Waals surface area (Å²) in [5, 5.41) is 6.50. The van der Waals surface area contributed by atoms with E-state index in [1.54, 1.807) is 6.20 Å². The lowest BCUT2D eigenvalue weighted by Gasteiger charge is -2.28. The zero-order chi connectivity index (χ0) is 7.52. The van der Waals surface area contributed by atoms with Gasteiger partial charge in [0.05, 0.1) is 6.04 Å². The van der Waals surface area contributed by atoms with Crippen molar-refractivity contribution in [3.63, 3.8) is 0 Å². The summed E-state index contributed by atoms with van der Waals surface area (Å²) in [5.41, 5.74) is 0. The van der Waals surface area contributed by atoms with E-state index in [0.29, 0.717) is 6.04 Å². The van der Waals surface area contributed by atoms with Crippen LogP contribution in [-0.4, -0.2) is 24.1 Å². The number of anilines is 1. The molecule has 1 aliphatic rings. The van der Waals surface area contributed by atoms with E-state index in [2.05, 4.69) is 15.6 Å². The van der Waals surface area contributed by atoms with Gasteiger partial charge >= 0.3 is 0 Å². The Morgan fingerprint density at radius 2 is 2.36 bits per heavy atom. The quantitative estimate of drug-likeness (QED) is 0.641. The van der Waals surface area contributed by atoms with E-state index in [4.69, 9.17) is 0 Å². The number of pyridine rings is 1. The van der Waals surface area contributed by atoms with Gasteiger partial charge < -0.3 is 10.6 Å². The second-order valence-electron chi connectivity index (χ2n) is 2.71. The molecule has 0 bridgehead atoms. The molecule has 2 rings (SSSR count). The predicted molar refractivity (Wildman–Crippen MR) is 44.5 cm³/mol. The van der Waals surface area contributed by atoms with Crippen LogP contribution in [0.25, 0.3) is 0 Å². The summed E-state index contributed by atoms with van der Waals surface area (Å²) in [6.45, 7) is 2.10. The summed E-state index contributed by atoms with van der Waals surface area (Å²) in [6, 6.07) is 6.47. The molecule has 2 N–H and O–H groups in total. The highest BCUT2D eigenvalue weighted by Crippen LogP contribution is 2.04. The number of nitrogens with zero attached hydrogens (tertiary/aromatic N) is 1. The largest absolute Gasteiger partial charge is 0.365 e. The molecule has 2 heterocycles. The van der Waals surface area contributed by atoms with Gasteiger partial charge in [-0.2, -0.15) is 0 Å². The molecule has 1 saturated heterocycles. The third-order valence-electron chi connectivity index (χ3n) is 1.80. The number of aromatic nitrogens is 1. The summed E-state index contributed by atoms with van der Waals surface area (Å²) in [7, 11) is 0. The summed E-state index contributed by atoms with van der Waals surface area (Å²) in [5.74, 6) is 0.971. The first-order chi connectivity index (χ1) is 5.45. The van der Waals surface area contributed by atoms with Crippen LogP contribution in [0.15, 0.2) is 24.4 Å². The average molecular weight is 149 g/mol. The van der Waals surface area contributed by atoms with Crippen molar-refractivity contribution in [2.45, 2.75) is 6.04 Å². The predicted octanol–water partition coefficient (Wildman–Crippen LogP) is 0.465. The first kappa shape index (κ1) is 6.61. The van der Waals surface area contributed by atoms with Crippen molar-refractivity contribution in [3.8, 4) is 0 Å². The van der Waals surface area contributed by atoms with E-state index in [1.807, 2.05) is 18.2 Å². The van der Waals surface area contributed by atoms with E-state index >= 15 is 0 Å². The molecule has 3 nitrogen and oxygen atoms in total. The van der Waals surface area contributed by atoms with Crippen molar-refractivity contribution in [1.82, 2.24) is 10.3 Å². The van der Waals surface area contributed by atoms with Crippen LogP contribution in [0, 0.1) is 0 Å². The molecule has 58 valence electrons. The molecule has 0 radical (unpaired) electrons. The summed E-state index contributed by atoms with van der Waals surface area (Å²) in [6.07, 6.45) is 1.80. The van der Waals surface area contributed by atoms with E-state index in [-0.39, 0.29) is 0 Å². The summed E-state index contributed by atoms with van der Waals surface area (Å²) < 4.78 is 0. The second-order valence-corrected chi connectivity index (χ2v) is 2.71. The summed E-state index contributed by atoms with van der Waals surface area (Å²) >= 11 is 0. The molecule has 1 fully saturated rings. The van der Waals surface area contributed by atoms with Crippen LogP contribution in [0.1, 0.15) is 0 Å². The Hall–Kier alpha value is -1.09. The molecule has 0 saturated carbocycles. The normalized spacial score (nSPS) is 17.5. The monoisotopic (exact) mass is 149 g/mol. The topological polar surface area (TPSA) is 37.0 Å². The molecule has 0 unspecified atom stereocenters. The number of hydrogen-bond acceptors (Lipinski definition) is 3. The highest BCUT2D eigenvalue weighted by atomic mass is 15.1. The molecule has 1 aromatic heterocycles. The Morgan fingerprint density at radius 1 is 1.45 bits per heavy atom. The lowest BCUT2D eigenvalue weighted by atomic mass is 10.2. The standard InChI is InChI=1S/C8H11N3/c1-2-4-10-8(3-1)11-7-5-9-6-7/h1-4,7,9H,5-6H2,(H,10,11). The Balaban J connectivity index is 1.95. The molecule has 0 amide bonds. The van der Waals surface area contributed by atoms with Crippen molar-refractivity contribution in [3.05, 3.63) is 24.4 Å². The molecular weight excluding hydrogens is 138 g/mol. The van der Waals surface area contributed by atoms with Gasteiger partial charge in [-0.1, -0.05) is 6.07 Å². The van der Waals surface area contributed by atoms with E-state index < -0.39 is 0 Å². The van der Waals surface area contributed by atoms with Gasteiger partial charge in [-0.15, -0.1) is 0 Å². The van der Waals surface area contributed by atoms with Gasteiger partial charge in [-0.3, -0.25) is 0 Å². The molecular formula is C8H11N3. The van der Waals surface area contributed by atoms with Crippen molar-refractivity contribution in [2.75, 3.05) is 18.4 Å². The van der Waals surface area contributed by atoms with Gasteiger partial charge in [0, 0.05) is 19.3 Å². The van der Waals surface area contributed by atoms with Gasteiger partial charge in [0.15, 0.2) is 0 Å². The van der Waals surface area contributed by atoms with Gasteiger partial charge in [-0.05, 0) is 12.1 Å². The number of hydrogen-bond donors (Lipinski definition) is 2. The van der Waals surface area contributed by atoms with Crippen molar-refractivity contribution in [2.24, 2.45) is 0 Å². The minimum Gasteiger partial charge on any atom is -0.365 e. The highest BCUT2D eigenvalue weighted by Gasteiger charge is 2.15. The van der Waals surface area contributed by atoms with Crippen molar-refractivity contribution < 1.29 is 0 Å². The minimum atomic E-state index is 0.574. The van der Waals surface area contributed by atoms with Crippen molar-refractivity contribution >= 4 is 5.82 Å². The summed E-state index contributed by atoms with van der Waals surface area (Å²) in [4.78, 5) is 4.16. The van der Waals surface area contributed by atoms with Gasteiger partial charge in [0.25, 0.3) is 0 Å². The maximum atomic E-state index is 4.16. The number of nitrogens with one attached hydrogen (secondary N) is 2. The molecule has 0 aliphatic carbocycles. The van der Waals surface area contributed by atoms with Gasteiger partial charge in [0.1, 0.15) is 5.82 Å². The Labute approximate surface area is 65.8 Å². The van der Waals surface area contributed by atoms with E-state index in [9.17, 15) is 0 Å². The molecule has 0 aromatic carbocycles. The average Bonchev–Trinajstić information content (AvgIpc) is 1.99. The molecule has 11 heavy (non-hydrogen) atoms. The van der Waals surface area contributed by atoms with Crippen LogP contribution in [0.3, 0.4) is 0 Å². The maximum Gasteiger partial charge on any atom is 0.126 e. The minimum absolute atomic E-state index is 0.574. The van der Waals surface area contributed by atoms with Gasteiger partial charge in [-0.25, -0.2) is 4.98 Å². The fourth-order valence-corrected chi connectivity index (χ4v) is 1.05. The van der Waals surface area contributed by atoms with E-state index in [0.717, 1.165) is 18.9 Å². The smallest absolute Gasteiger partial charge is 0.126 e. The molecule has 1 aromatic rings. The fourth-order valence-electron chi connectivity index (χ4n) is 1.05. The van der Waals surface area contributed by atoms with Crippen LogP contribution in [0.5, 0.6) is 0 Å². The first-order valence-corrected chi connectivity index (χ1v) is 3.83. The second kappa shape index (κ2) is 2.88.